The molecule has 1 aromatic carbocycles. The molecule has 4 fully saturated rings. The summed E-state index contributed by atoms with van der Waals surface area (Å²) in [6.07, 6.45) is 8.35. The van der Waals surface area contributed by atoms with Gasteiger partial charge in [-0.25, -0.2) is 0 Å². The number of hydrogen-bond acceptors (Lipinski definition) is 1. The zero-order valence-electron chi connectivity index (χ0n) is 12.2. The van der Waals surface area contributed by atoms with Crippen LogP contribution in [0.1, 0.15) is 51.0 Å². The average molecular weight is 334 g/mol. The first-order valence-electron chi connectivity index (χ1n) is 8.03. The van der Waals surface area contributed by atoms with Crippen LogP contribution in [0.25, 0.3) is 0 Å². The van der Waals surface area contributed by atoms with Gasteiger partial charge in [0.1, 0.15) is 0 Å². The van der Waals surface area contributed by atoms with Gasteiger partial charge in [0.05, 0.1) is 0 Å². The highest BCUT2D eigenvalue weighted by atomic mass is 79.9. The van der Waals surface area contributed by atoms with E-state index in [1.165, 1.54) is 43.0 Å². The zero-order valence-corrected chi connectivity index (χ0v) is 13.8. The molecule has 0 aromatic heterocycles. The maximum atomic E-state index is 6.45. The fraction of sp³-hybridized carbons (Fsp3) is 0.667. The van der Waals surface area contributed by atoms with Crippen molar-refractivity contribution < 1.29 is 0 Å². The van der Waals surface area contributed by atoms with Crippen LogP contribution in [0, 0.1) is 17.3 Å². The van der Waals surface area contributed by atoms with Gasteiger partial charge < -0.3 is 5.73 Å². The van der Waals surface area contributed by atoms with E-state index in [4.69, 9.17) is 5.73 Å². The SMILES string of the molecule is CC(N)C12CC3CC(CC(c4cccc(Br)c4)(C3)C1)C2. The van der Waals surface area contributed by atoms with Crippen molar-refractivity contribution in [2.75, 3.05) is 0 Å². The quantitative estimate of drug-likeness (QED) is 0.838. The van der Waals surface area contributed by atoms with Crippen LogP contribution in [-0.4, -0.2) is 6.04 Å². The summed E-state index contributed by atoms with van der Waals surface area (Å²) in [5.74, 6) is 1.84. The Kier molecular flexibility index (Phi) is 2.89. The summed E-state index contributed by atoms with van der Waals surface area (Å²) in [7, 11) is 0. The molecule has 0 spiro atoms. The fourth-order valence-corrected chi connectivity index (χ4v) is 6.42. The van der Waals surface area contributed by atoms with Crippen LogP contribution < -0.4 is 5.73 Å². The summed E-state index contributed by atoms with van der Waals surface area (Å²) in [6, 6.07) is 9.41. The molecule has 3 atom stereocenters. The number of rotatable bonds is 2. The summed E-state index contributed by atoms with van der Waals surface area (Å²) in [5, 5.41) is 0. The largest absolute Gasteiger partial charge is 0.327 e. The Morgan fingerprint density at radius 2 is 1.90 bits per heavy atom. The minimum atomic E-state index is 0.347. The van der Waals surface area contributed by atoms with Gasteiger partial charge in [-0.3, -0.25) is 0 Å². The molecule has 4 aliphatic carbocycles. The Morgan fingerprint density at radius 1 is 1.20 bits per heavy atom. The third kappa shape index (κ3) is 1.84. The molecule has 0 radical (unpaired) electrons. The van der Waals surface area contributed by atoms with Crippen molar-refractivity contribution in [2.24, 2.45) is 23.0 Å². The molecule has 1 aromatic rings. The van der Waals surface area contributed by atoms with Gasteiger partial charge in [0, 0.05) is 10.5 Å². The summed E-state index contributed by atoms with van der Waals surface area (Å²) >= 11 is 3.66. The second-order valence-corrected chi connectivity index (χ2v) is 8.82. The normalized spacial score (nSPS) is 43.8. The van der Waals surface area contributed by atoms with E-state index >= 15 is 0 Å². The van der Waals surface area contributed by atoms with Gasteiger partial charge in [-0.05, 0) is 85.8 Å². The predicted molar refractivity (Wildman–Crippen MR) is 86.6 cm³/mol. The first kappa shape index (κ1) is 13.3. The van der Waals surface area contributed by atoms with Gasteiger partial charge in [-0.15, -0.1) is 0 Å². The Hall–Kier alpha value is -0.340. The monoisotopic (exact) mass is 333 g/mol. The molecule has 0 heterocycles. The van der Waals surface area contributed by atoms with Gasteiger partial charge in [0.15, 0.2) is 0 Å². The van der Waals surface area contributed by atoms with Gasteiger partial charge in [-0.1, -0.05) is 28.1 Å². The third-order valence-electron chi connectivity index (χ3n) is 6.51. The zero-order chi connectivity index (χ0) is 14.0. The molecule has 5 rings (SSSR count). The molecule has 4 bridgehead atoms. The van der Waals surface area contributed by atoms with E-state index in [9.17, 15) is 0 Å². The van der Waals surface area contributed by atoms with Crippen molar-refractivity contribution in [3.05, 3.63) is 34.3 Å². The summed E-state index contributed by atoms with van der Waals surface area (Å²) < 4.78 is 1.22. The van der Waals surface area contributed by atoms with E-state index in [0.717, 1.165) is 11.8 Å². The highest BCUT2D eigenvalue weighted by Crippen LogP contribution is 2.66. The molecular weight excluding hydrogens is 310 g/mol. The number of nitrogens with two attached hydrogens (primary N) is 1. The topological polar surface area (TPSA) is 26.0 Å². The Morgan fingerprint density at radius 3 is 2.50 bits per heavy atom. The Bertz CT molecular complexity index is 522. The second kappa shape index (κ2) is 4.33. The van der Waals surface area contributed by atoms with Crippen LogP contribution in [0.15, 0.2) is 28.7 Å². The van der Waals surface area contributed by atoms with Crippen molar-refractivity contribution in [1.29, 1.82) is 0 Å². The van der Waals surface area contributed by atoms with E-state index < -0.39 is 0 Å². The van der Waals surface area contributed by atoms with E-state index in [1.807, 2.05) is 0 Å². The van der Waals surface area contributed by atoms with Crippen LogP contribution in [0.2, 0.25) is 0 Å². The van der Waals surface area contributed by atoms with Crippen molar-refractivity contribution in [2.45, 2.75) is 56.9 Å². The van der Waals surface area contributed by atoms with Gasteiger partial charge >= 0.3 is 0 Å². The lowest BCUT2D eigenvalue weighted by atomic mass is 9.41. The molecule has 0 saturated heterocycles. The summed E-state index contributed by atoms with van der Waals surface area (Å²) in [5.41, 5.74) is 8.85. The summed E-state index contributed by atoms with van der Waals surface area (Å²) in [6.45, 7) is 2.25. The van der Waals surface area contributed by atoms with Crippen molar-refractivity contribution in [1.82, 2.24) is 0 Å². The molecule has 0 amide bonds. The molecule has 108 valence electrons. The highest BCUT2D eigenvalue weighted by molar-refractivity contribution is 9.10. The molecule has 2 N–H and O–H groups in total. The molecule has 3 unspecified atom stereocenters. The predicted octanol–water partition coefficient (Wildman–Crippen LogP) is 4.63. The van der Waals surface area contributed by atoms with Crippen molar-refractivity contribution in [3.63, 3.8) is 0 Å². The lowest BCUT2D eigenvalue weighted by Crippen LogP contribution is -2.59. The van der Waals surface area contributed by atoms with Crippen LogP contribution >= 0.6 is 15.9 Å². The lowest BCUT2D eigenvalue weighted by Gasteiger charge is -2.64. The molecule has 1 nitrogen and oxygen atoms in total. The average Bonchev–Trinajstić information content (AvgIpc) is 2.37. The standard InChI is InChI=1S/C18H24BrN/c1-12(20)17-7-13-5-14(8-17)10-18(9-13,11-17)15-3-2-4-16(19)6-15/h2-4,6,12-14H,5,7-11,20H2,1H3. The van der Waals surface area contributed by atoms with E-state index in [1.54, 1.807) is 5.56 Å². The first-order chi connectivity index (χ1) is 9.51. The van der Waals surface area contributed by atoms with E-state index in [-0.39, 0.29) is 0 Å². The molecule has 4 saturated carbocycles. The van der Waals surface area contributed by atoms with Gasteiger partial charge in [0.25, 0.3) is 0 Å². The van der Waals surface area contributed by atoms with E-state index in [2.05, 4.69) is 47.1 Å². The minimum absolute atomic E-state index is 0.347. The molecule has 4 aliphatic rings. The Balaban J connectivity index is 1.79. The Labute approximate surface area is 130 Å². The third-order valence-corrected chi connectivity index (χ3v) is 7.00. The molecular formula is C18H24BrN. The summed E-state index contributed by atoms with van der Waals surface area (Å²) in [4.78, 5) is 0. The van der Waals surface area contributed by atoms with Crippen LogP contribution in [-0.2, 0) is 5.41 Å². The minimum Gasteiger partial charge on any atom is -0.327 e. The first-order valence-corrected chi connectivity index (χ1v) is 8.82. The maximum Gasteiger partial charge on any atom is 0.0178 e. The van der Waals surface area contributed by atoms with E-state index in [0.29, 0.717) is 16.9 Å². The molecule has 20 heavy (non-hydrogen) atoms. The second-order valence-electron chi connectivity index (χ2n) is 7.90. The fourth-order valence-electron chi connectivity index (χ4n) is 6.02. The molecule has 0 aliphatic heterocycles. The van der Waals surface area contributed by atoms with Gasteiger partial charge in [0.2, 0.25) is 0 Å². The van der Waals surface area contributed by atoms with Crippen molar-refractivity contribution in [3.8, 4) is 0 Å². The number of hydrogen-bond donors (Lipinski definition) is 1. The maximum absolute atomic E-state index is 6.45. The highest BCUT2D eigenvalue weighted by Gasteiger charge is 2.59. The van der Waals surface area contributed by atoms with Crippen LogP contribution in [0.4, 0.5) is 0 Å². The van der Waals surface area contributed by atoms with Gasteiger partial charge in [-0.2, -0.15) is 0 Å². The van der Waals surface area contributed by atoms with Crippen molar-refractivity contribution >= 4 is 15.9 Å². The number of benzene rings is 1. The lowest BCUT2D eigenvalue weighted by molar-refractivity contribution is -0.0822. The smallest absolute Gasteiger partial charge is 0.0178 e. The van der Waals surface area contributed by atoms with Crippen LogP contribution in [0.3, 0.4) is 0 Å². The number of halogens is 1. The van der Waals surface area contributed by atoms with Crippen LogP contribution in [0.5, 0.6) is 0 Å². The molecule has 2 heteroatoms.